The third-order valence-corrected chi connectivity index (χ3v) is 4.03. The van der Waals surface area contributed by atoms with Crippen molar-refractivity contribution in [3.05, 3.63) is 90.9 Å². The van der Waals surface area contributed by atoms with Gasteiger partial charge in [0.05, 0.1) is 16.8 Å². The molecule has 1 N–H and O–H groups in total. The summed E-state index contributed by atoms with van der Waals surface area (Å²) in [5.74, 6) is -0.181. The van der Waals surface area contributed by atoms with Gasteiger partial charge in [0, 0.05) is 29.5 Å². The predicted molar refractivity (Wildman–Crippen MR) is 99.4 cm³/mol. The first kappa shape index (κ1) is 15.0. The molecule has 25 heavy (non-hydrogen) atoms. The predicted octanol–water partition coefficient (Wildman–Crippen LogP) is 4.55. The molecule has 0 saturated heterocycles. The van der Waals surface area contributed by atoms with E-state index in [1.54, 1.807) is 24.7 Å². The molecule has 2 heterocycles. The SMILES string of the molecule is O=C(Nc1cccc2cccnc12)c1ccncc1-c1ccccc1. The number of carbonyl (C=O) groups excluding carboxylic acids is 1. The van der Waals surface area contributed by atoms with E-state index >= 15 is 0 Å². The molecule has 0 spiro atoms. The molecule has 0 radical (unpaired) electrons. The van der Waals surface area contributed by atoms with Crippen molar-refractivity contribution in [3.63, 3.8) is 0 Å². The highest BCUT2D eigenvalue weighted by molar-refractivity contribution is 6.11. The van der Waals surface area contributed by atoms with Crippen LogP contribution in [0.2, 0.25) is 0 Å². The first-order valence-electron chi connectivity index (χ1n) is 7.97. The maximum absolute atomic E-state index is 12.9. The first-order chi connectivity index (χ1) is 12.3. The van der Waals surface area contributed by atoms with Crippen LogP contribution in [0.4, 0.5) is 5.69 Å². The lowest BCUT2D eigenvalue weighted by molar-refractivity contribution is 0.102. The molecule has 0 fully saturated rings. The second-order valence-corrected chi connectivity index (χ2v) is 5.62. The normalized spacial score (nSPS) is 10.6. The van der Waals surface area contributed by atoms with E-state index < -0.39 is 0 Å². The minimum absolute atomic E-state index is 0.181. The molecule has 0 saturated carbocycles. The van der Waals surface area contributed by atoms with E-state index in [1.165, 1.54) is 0 Å². The number of hydrogen-bond acceptors (Lipinski definition) is 3. The summed E-state index contributed by atoms with van der Waals surface area (Å²) in [6.45, 7) is 0. The van der Waals surface area contributed by atoms with Crippen LogP contribution in [0.5, 0.6) is 0 Å². The van der Waals surface area contributed by atoms with Crippen molar-refractivity contribution >= 4 is 22.5 Å². The first-order valence-corrected chi connectivity index (χ1v) is 7.97. The van der Waals surface area contributed by atoms with Gasteiger partial charge in [-0.3, -0.25) is 14.8 Å². The van der Waals surface area contributed by atoms with Crippen molar-refractivity contribution in [2.45, 2.75) is 0 Å². The number of rotatable bonds is 3. The number of fused-ring (bicyclic) bond motifs is 1. The van der Waals surface area contributed by atoms with Crippen LogP contribution in [0.3, 0.4) is 0 Å². The lowest BCUT2D eigenvalue weighted by Gasteiger charge is -2.11. The Morgan fingerprint density at radius 1 is 0.840 bits per heavy atom. The average molecular weight is 325 g/mol. The van der Waals surface area contributed by atoms with Gasteiger partial charge in [0.2, 0.25) is 0 Å². The van der Waals surface area contributed by atoms with Crippen LogP contribution >= 0.6 is 0 Å². The number of nitrogens with one attached hydrogen (secondary N) is 1. The topological polar surface area (TPSA) is 54.9 Å². The van der Waals surface area contributed by atoms with E-state index in [-0.39, 0.29) is 5.91 Å². The number of anilines is 1. The number of carbonyl (C=O) groups is 1. The Hall–Kier alpha value is -3.53. The minimum Gasteiger partial charge on any atom is -0.320 e. The van der Waals surface area contributed by atoms with E-state index in [9.17, 15) is 4.79 Å². The monoisotopic (exact) mass is 325 g/mol. The number of benzene rings is 2. The Bertz CT molecular complexity index is 1040. The maximum Gasteiger partial charge on any atom is 0.256 e. The maximum atomic E-state index is 12.9. The zero-order valence-electron chi connectivity index (χ0n) is 13.4. The molecule has 0 aliphatic rings. The number of amides is 1. The summed E-state index contributed by atoms with van der Waals surface area (Å²) in [5.41, 5.74) is 3.80. The number of para-hydroxylation sites is 1. The van der Waals surface area contributed by atoms with Crippen molar-refractivity contribution < 1.29 is 4.79 Å². The standard InChI is InChI=1S/C21H15N3O/c25-21(24-19-10-4-8-16-9-5-12-23-20(16)19)17-11-13-22-14-18(17)15-6-2-1-3-7-15/h1-14H,(H,24,25). The molecule has 1 amide bonds. The smallest absolute Gasteiger partial charge is 0.256 e. The van der Waals surface area contributed by atoms with Crippen LogP contribution in [0.25, 0.3) is 22.0 Å². The zero-order chi connectivity index (χ0) is 17.1. The Kier molecular flexibility index (Phi) is 3.92. The molecule has 0 atom stereocenters. The Balaban J connectivity index is 1.73. The van der Waals surface area contributed by atoms with Crippen molar-refractivity contribution in [1.29, 1.82) is 0 Å². The van der Waals surface area contributed by atoms with Crippen LogP contribution in [0, 0.1) is 0 Å². The zero-order valence-corrected chi connectivity index (χ0v) is 13.4. The summed E-state index contributed by atoms with van der Waals surface area (Å²) >= 11 is 0. The molecular formula is C21H15N3O. The van der Waals surface area contributed by atoms with Crippen molar-refractivity contribution in [3.8, 4) is 11.1 Å². The van der Waals surface area contributed by atoms with E-state index in [0.717, 1.165) is 22.0 Å². The van der Waals surface area contributed by atoms with Gasteiger partial charge in [-0.1, -0.05) is 48.5 Å². The van der Waals surface area contributed by atoms with E-state index in [2.05, 4.69) is 15.3 Å². The summed E-state index contributed by atoms with van der Waals surface area (Å²) in [6.07, 6.45) is 5.06. The van der Waals surface area contributed by atoms with Gasteiger partial charge < -0.3 is 5.32 Å². The van der Waals surface area contributed by atoms with Crippen molar-refractivity contribution in [1.82, 2.24) is 9.97 Å². The highest BCUT2D eigenvalue weighted by Crippen LogP contribution is 2.25. The molecule has 0 aliphatic heterocycles. The van der Waals surface area contributed by atoms with Crippen LogP contribution in [-0.2, 0) is 0 Å². The van der Waals surface area contributed by atoms with Crippen LogP contribution < -0.4 is 5.32 Å². The number of nitrogens with zero attached hydrogens (tertiary/aromatic N) is 2. The quantitative estimate of drug-likeness (QED) is 0.601. The fraction of sp³-hybridized carbons (Fsp3) is 0. The third kappa shape index (κ3) is 2.97. The van der Waals surface area contributed by atoms with Gasteiger partial charge in [0.25, 0.3) is 5.91 Å². The van der Waals surface area contributed by atoms with E-state index in [1.807, 2.05) is 60.7 Å². The molecule has 120 valence electrons. The molecule has 0 bridgehead atoms. The largest absolute Gasteiger partial charge is 0.320 e. The van der Waals surface area contributed by atoms with Crippen molar-refractivity contribution in [2.24, 2.45) is 0 Å². The molecule has 0 unspecified atom stereocenters. The van der Waals surface area contributed by atoms with Crippen LogP contribution in [0.1, 0.15) is 10.4 Å². The third-order valence-electron chi connectivity index (χ3n) is 4.03. The molecule has 4 rings (SSSR count). The van der Waals surface area contributed by atoms with Gasteiger partial charge in [0.1, 0.15) is 0 Å². The van der Waals surface area contributed by atoms with E-state index in [4.69, 9.17) is 0 Å². The van der Waals surface area contributed by atoms with Crippen molar-refractivity contribution in [2.75, 3.05) is 5.32 Å². The highest BCUT2D eigenvalue weighted by atomic mass is 16.1. The van der Waals surface area contributed by atoms with Gasteiger partial charge >= 0.3 is 0 Å². The summed E-state index contributed by atoms with van der Waals surface area (Å²) < 4.78 is 0. The van der Waals surface area contributed by atoms with Gasteiger partial charge in [-0.05, 0) is 23.8 Å². The van der Waals surface area contributed by atoms with E-state index in [0.29, 0.717) is 11.3 Å². The minimum atomic E-state index is -0.181. The van der Waals surface area contributed by atoms with Gasteiger partial charge in [-0.2, -0.15) is 0 Å². The molecular weight excluding hydrogens is 310 g/mol. The average Bonchev–Trinajstić information content (AvgIpc) is 2.69. The lowest BCUT2D eigenvalue weighted by atomic mass is 10.0. The molecule has 2 aromatic heterocycles. The summed E-state index contributed by atoms with van der Waals surface area (Å²) in [4.78, 5) is 21.4. The highest BCUT2D eigenvalue weighted by Gasteiger charge is 2.14. The number of pyridine rings is 2. The van der Waals surface area contributed by atoms with Crippen LogP contribution in [0.15, 0.2) is 85.3 Å². The van der Waals surface area contributed by atoms with Crippen LogP contribution in [-0.4, -0.2) is 15.9 Å². The summed E-state index contributed by atoms with van der Waals surface area (Å²) in [6, 6.07) is 21.1. The molecule has 4 nitrogen and oxygen atoms in total. The number of aromatic nitrogens is 2. The molecule has 4 aromatic rings. The molecule has 4 heteroatoms. The summed E-state index contributed by atoms with van der Waals surface area (Å²) in [7, 11) is 0. The Labute approximate surface area is 145 Å². The fourth-order valence-corrected chi connectivity index (χ4v) is 2.83. The second-order valence-electron chi connectivity index (χ2n) is 5.62. The lowest BCUT2D eigenvalue weighted by Crippen LogP contribution is -2.13. The summed E-state index contributed by atoms with van der Waals surface area (Å²) in [5, 5.41) is 3.97. The molecule has 0 aliphatic carbocycles. The van der Waals surface area contributed by atoms with Gasteiger partial charge in [-0.25, -0.2) is 0 Å². The molecule has 2 aromatic carbocycles. The fourth-order valence-electron chi connectivity index (χ4n) is 2.83. The van der Waals surface area contributed by atoms with Gasteiger partial charge in [-0.15, -0.1) is 0 Å². The number of hydrogen-bond donors (Lipinski definition) is 1. The Morgan fingerprint density at radius 3 is 2.56 bits per heavy atom. The second kappa shape index (κ2) is 6.53. The Morgan fingerprint density at radius 2 is 1.68 bits per heavy atom. The van der Waals surface area contributed by atoms with Gasteiger partial charge in [0.15, 0.2) is 0 Å².